The zero-order valence-corrected chi connectivity index (χ0v) is 23.8. The first-order valence-electron chi connectivity index (χ1n) is 13.6. The molecule has 2 fully saturated rings. The van der Waals surface area contributed by atoms with Gasteiger partial charge in [0, 0.05) is 26.6 Å². The van der Waals surface area contributed by atoms with Crippen molar-refractivity contribution in [2.75, 3.05) is 20.1 Å². The van der Waals surface area contributed by atoms with E-state index in [-0.39, 0.29) is 31.2 Å². The number of nitrogens with one attached hydrogen (secondary N) is 3. The van der Waals surface area contributed by atoms with Crippen LogP contribution in [0.1, 0.15) is 60.3 Å². The second kappa shape index (κ2) is 14.1. The number of esters is 1. The van der Waals surface area contributed by atoms with E-state index in [1.54, 1.807) is 27.7 Å². The van der Waals surface area contributed by atoms with Crippen molar-refractivity contribution in [2.24, 2.45) is 11.8 Å². The highest BCUT2D eigenvalue weighted by molar-refractivity contribution is 5.96. The topological polar surface area (TPSA) is 154 Å². The standard InChI is InChI=1S/C27H43N5O7/c1-8-10-19-26(37)32-14-9-11-18(32)24(35)29-21(15(2)3)25(36)30-22(16(4)5)27(38)31(7)17(6)23(34)28-13-12-20(33)39-19/h8,15-19,21-22H,1,9-14H2,2-7H3,(H,28,34)(H,29,35)(H,30,36). The van der Waals surface area contributed by atoms with Gasteiger partial charge < -0.3 is 30.5 Å². The average Bonchev–Trinajstić information content (AvgIpc) is 3.37. The fraction of sp³-hybridized carbons (Fsp3) is 0.704. The summed E-state index contributed by atoms with van der Waals surface area (Å²) in [5.74, 6) is -3.84. The molecule has 0 bridgehead atoms. The van der Waals surface area contributed by atoms with E-state index in [0.717, 1.165) is 0 Å². The molecule has 2 heterocycles. The molecule has 39 heavy (non-hydrogen) atoms. The van der Waals surface area contributed by atoms with Gasteiger partial charge in [0.2, 0.25) is 23.6 Å². The van der Waals surface area contributed by atoms with Gasteiger partial charge in [-0.2, -0.15) is 0 Å². The van der Waals surface area contributed by atoms with Crippen LogP contribution < -0.4 is 16.0 Å². The molecule has 12 heteroatoms. The number of nitrogens with zero attached hydrogens (tertiary/aromatic N) is 2. The first-order chi connectivity index (χ1) is 18.3. The van der Waals surface area contributed by atoms with Crippen LogP contribution in [0, 0.1) is 11.8 Å². The van der Waals surface area contributed by atoms with Gasteiger partial charge in [0.1, 0.15) is 24.2 Å². The maximum absolute atomic E-state index is 13.4. The summed E-state index contributed by atoms with van der Waals surface area (Å²) in [4.78, 5) is 81.2. The minimum atomic E-state index is -1.17. The van der Waals surface area contributed by atoms with Gasteiger partial charge in [0.25, 0.3) is 5.91 Å². The van der Waals surface area contributed by atoms with Crippen LogP contribution in [0.3, 0.4) is 0 Å². The lowest BCUT2D eigenvalue weighted by molar-refractivity contribution is -0.161. The molecule has 0 aromatic carbocycles. The summed E-state index contributed by atoms with van der Waals surface area (Å²) < 4.78 is 5.42. The zero-order chi connectivity index (χ0) is 29.4. The fourth-order valence-corrected chi connectivity index (χ4v) is 4.62. The molecule has 218 valence electrons. The monoisotopic (exact) mass is 549 g/mol. The minimum absolute atomic E-state index is 0.0549. The summed E-state index contributed by atoms with van der Waals surface area (Å²) in [6, 6.07) is -3.65. The van der Waals surface area contributed by atoms with Gasteiger partial charge in [-0.1, -0.05) is 33.8 Å². The molecule has 12 nitrogen and oxygen atoms in total. The van der Waals surface area contributed by atoms with Gasteiger partial charge in [0.05, 0.1) is 6.42 Å². The summed E-state index contributed by atoms with van der Waals surface area (Å²) in [5.41, 5.74) is 0. The van der Waals surface area contributed by atoms with E-state index >= 15 is 0 Å². The minimum Gasteiger partial charge on any atom is -0.452 e. The van der Waals surface area contributed by atoms with Crippen molar-refractivity contribution in [1.29, 1.82) is 0 Å². The Labute approximate surface area is 230 Å². The molecule has 0 aliphatic carbocycles. The largest absolute Gasteiger partial charge is 0.452 e. The molecular formula is C27H43N5O7. The first-order valence-corrected chi connectivity index (χ1v) is 13.6. The number of fused-ring (bicyclic) bond motifs is 1. The van der Waals surface area contributed by atoms with Gasteiger partial charge in [-0.3, -0.25) is 28.8 Å². The maximum atomic E-state index is 13.4. The zero-order valence-electron chi connectivity index (χ0n) is 23.8. The Hall–Kier alpha value is -3.44. The van der Waals surface area contributed by atoms with Crippen molar-refractivity contribution in [3.8, 4) is 0 Å². The third-order valence-corrected chi connectivity index (χ3v) is 7.18. The van der Waals surface area contributed by atoms with E-state index in [1.165, 1.54) is 29.8 Å². The van der Waals surface area contributed by atoms with Crippen molar-refractivity contribution in [3.05, 3.63) is 12.7 Å². The second-order valence-electron chi connectivity index (χ2n) is 10.8. The number of cyclic esters (lactones) is 1. The number of carbonyl (C=O) groups is 6. The summed E-state index contributed by atoms with van der Waals surface area (Å²) in [6.07, 6.45) is 1.11. The van der Waals surface area contributed by atoms with E-state index in [1.807, 2.05) is 0 Å². The normalized spacial score (nSPS) is 28.7. The second-order valence-corrected chi connectivity index (χ2v) is 10.8. The van der Waals surface area contributed by atoms with Gasteiger partial charge in [-0.25, -0.2) is 0 Å². The van der Waals surface area contributed by atoms with Crippen LogP contribution >= 0.6 is 0 Å². The number of carbonyl (C=O) groups excluding carboxylic acids is 6. The summed E-state index contributed by atoms with van der Waals surface area (Å²) in [7, 11) is 1.47. The Morgan fingerprint density at radius 1 is 0.949 bits per heavy atom. The van der Waals surface area contributed by atoms with Crippen LogP contribution in [0.25, 0.3) is 0 Å². The maximum Gasteiger partial charge on any atom is 0.308 e. The number of hydrogen-bond donors (Lipinski definition) is 3. The molecule has 2 saturated heterocycles. The number of rotatable bonds is 4. The highest BCUT2D eigenvalue weighted by Crippen LogP contribution is 2.21. The smallest absolute Gasteiger partial charge is 0.308 e. The molecule has 0 spiro atoms. The summed E-state index contributed by atoms with van der Waals surface area (Å²) in [5, 5.41) is 8.14. The predicted octanol–water partition coefficient (Wildman–Crippen LogP) is 0.114. The van der Waals surface area contributed by atoms with Crippen LogP contribution in [-0.2, 0) is 33.5 Å². The molecule has 3 N–H and O–H groups in total. The van der Waals surface area contributed by atoms with Gasteiger partial charge in [0.15, 0.2) is 6.10 Å². The molecule has 2 rings (SSSR count). The van der Waals surface area contributed by atoms with Crippen molar-refractivity contribution in [3.63, 3.8) is 0 Å². The first kappa shape index (κ1) is 31.8. The fourth-order valence-electron chi connectivity index (χ4n) is 4.62. The Morgan fingerprint density at radius 2 is 1.56 bits per heavy atom. The lowest BCUT2D eigenvalue weighted by Crippen LogP contribution is -2.60. The van der Waals surface area contributed by atoms with E-state index in [0.29, 0.717) is 19.4 Å². The lowest BCUT2D eigenvalue weighted by atomic mass is 9.98. The van der Waals surface area contributed by atoms with Crippen LogP contribution in [0.2, 0.25) is 0 Å². The molecule has 5 amide bonds. The van der Waals surface area contributed by atoms with E-state index in [9.17, 15) is 28.8 Å². The molecule has 0 radical (unpaired) electrons. The molecule has 2 aliphatic heterocycles. The molecule has 0 aromatic rings. The lowest BCUT2D eigenvalue weighted by Gasteiger charge is -2.32. The molecule has 0 saturated carbocycles. The Morgan fingerprint density at radius 3 is 2.15 bits per heavy atom. The Kier molecular flexibility index (Phi) is 11.5. The van der Waals surface area contributed by atoms with Crippen LogP contribution in [0.5, 0.6) is 0 Å². The van der Waals surface area contributed by atoms with Crippen molar-refractivity contribution in [2.45, 2.75) is 90.6 Å². The summed E-state index contributed by atoms with van der Waals surface area (Å²) >= 11 is 0. The highest BCUT2D eigenvalue weighted by Gasteiger charge is 2.40. The van der Waals surface area contributed by atoms with Crippen molar-refractivity contribution >= 4 is 35.5 Å². The molecule has 5 atom stereocenters. The van der Waals surface area contributed by atoms with Crippen molar-refractivity contribution in [1.82, 2.24) is 25.8 Å². The van der Waals surface area contributed by atoms with Gasteiger partial charge >= 0.3 is 5.97 Å². The third kappa shape index (κ3) is 8.03. The van der Waals surface area contributed by atoms with Crippen molar-refractivity contribution < 1.29 is 33.5 Å². The van der Waals surface area contributed by atoms with Crippen LogP contribution in [0.15, 0.2) is 12.7 Å². The van der Waals surface area contributed by atoms with E-state index < -0.39 is 65.8 Å². The van der Waals surface area contributed by atoms with E-state index in [4.69, 9.17) is 4.74 Å². The number of amides is 5. The van der Waals surface area contributed by atoms with Gasteiger partial charge in [-0.05, 0) is 31.6 Å². The number of ether oxygens (including phenoxy) is 1. The van der Waals surface area contributed by atoms with Gasteiger partial charge in [-0.15, -0.1) is 6.58 Å². The number of likely N-dealkylation sites (N-methyl/N-ethyl adjacent to an activating group) is 1. The quantitative estimate of drug-likeness (QED) is 0.332. The third-order valence-electron chi connectivity index (χ3n) is 7.18. The molecular weight excluding hydrogens is 506 g/mol. The molecule has 0 aromatic heterocycles. The van der Waals surface area contributed by atoms with Crippen LogP contribution in [-0.4, -0.2) is 95.7 Å². The summed E-state index contributed by atoms with van der Waals surface area (Å²) in [6.45, 7) is 12.5. The van der Waals surface area contributed by atoms with Crippen LogP contribution in [0.4, 0.5) is 0 Å². The molecule has 2 aliphatic rings. The Balaban J connectivity index is 2.44. The highest BCUT2D eigenvalue weighted by atomic mass is 16.5. The van der Waals surface area contributed by atoms with E-state index in [2.05, 4.69) is 22.5 Å². The number of hydrogen-bond acceptors (Lipinski definition) is 7. The Bertz CT molecular complexity index is 966. The predicted molar refractivity (Wildman–Crippen MR) is 143 cm³/mol. The average molecular weight is 550 g/mol. The SMILES string of the molecule is C=CCC1OC(=O)CCNC(=O)C(C)N(C)C(=O)C(C(C)C)NC(=O)C(C(C)C)NC(=O)C2CCCN2C1=O. The molecule has 5 unspecified atom stereocenters.